The van der Waals surface area contributed by atoms with Crippen molar-refractivity contribution in [1.29, 1.82) is 0 Å². The highest BCUT2D eigenvalue weighted by molar-refractivity contribution is 9.10. The summed E-state index contributed by atoms with van der Waals surface area (Å²) < 4.78 is 3.06. The van der Waals surface area contributed by atoms with Crippen LogP contribution in [0.15, 0.2) is 34.9 Å². The minimum atomic E-state index is -0.785. The van der Waals surface area contributed by atoms with Gasteiger partial charge in [0.15, 0.2) is 0 Å². The molecule has 106 valence electrons. The van der Waals surface area contributed by atoms with Crippen LogP contribution in [0, 0.1) is 0 Å². The monoisotopic (exact) mass is 334 g/mol. The van der Waals surface area contributed by atoms with Crippen molar-refractivity contribution in [3.8, 4) is 0 Å². The van der Waals surface area contributed by atoms with E-state index in [2.05, 4.69) is 40.1 Å². The molecule has 0 amide bonds. The molecule has 0 radical (unpaired) electrons. The standard InChI is InChI=1S/C16H19BrN2O/c1-2-9-19-15(6-8-18-19)16(20)7-5-12-10-14(17)4-3-13(12)11-16/h3-4,6,8,10,20H,2,5,7,9,11H2,1H3. The minimum Gasteiger partial charge on any atom is -0.383 e. The highest BCUT2D eigenvalue weighted by atomic mass is 79.9. The lowest BCUT2D eigenvalue weighted by molar-refractivity contribution is 0.0133. The molecule has 0 fully saturated rings. The summed E-state index contributed by atoms with van der Waals surface area (Å²) in [4.78, 5) is 0. The zero-order valence-corrected chi connectivity index (χ0v) is 13.2. The molecule has 3 rings (SSSR count). The van der Waals surface area contributed by atoms with Crippen molar-refractivity contribution in [2.45, 2.75) is 44.8 Å². The van der Waals surface area contributed by atoms with Crippen LogP contribution in [0.1, 0.15) is 36.6 Å². The van der Waals surface area contributed by atoms with Crippen LogP contribution in [0.5, 0.6) is 0 Å². The zero-order valence-electron chi connectivity index (χ0n) is 11.6. The first-order chi connectivity index (χ1) is 9.62. The molecule has 20 heavy (non-hydrogen) atoms. The summed E-state index contributed by atoms with van der Waals surface area (Å²) in [6.45, 7) is 2.99. The Morgan fingerprint density at radius 1 is 1.35 bits per heavy atom. The van der Waals surface area contributed by atoms with Gasteiger partial charge in [-0.2, -0.15) is 5.10 Å². The summed E-state index contributed by atoms with van der Waals surface area (Å²) in [6, 6.07) is 8.29. The molecule has 1 heterocycles. The van der Waals surface area contributed by atoms with E-state index in [1.54, 1.807) is 6.20 Å². The molecule has 3 nitrogen and oxygen atoms in total. The van der Waals surface area contributed by atoms with Crippen molar-refractivity contribution < 1.29 is 5.11 Å². The van der Waals surface area contributed by atoms with Crippen LogP contribution in [-0.4, -0.2) is 14.9 Å². The molecule has 2 aromatic rings. The molecule has 1 unspecified atom stereocenters. The Morgan fingerprint density at radius 3 is 3.00 bits per heavy atom. The maximum absolute atomic E-state index is 11.1. The maximum atomic E-state index is 11.1. The average Bonchev–Trinajstić information content (AvgIpc) is 2.89. The first kappa shape index (κ1) is 13.8. The molecular weight excluding hydrogens is 316 g/mol. The highest BCUT2D eigenvalue weighted by Gasteiger charge is 2.36. The first-order valence-electron chi connectivity index (χ1n) is 7.14. The predicted molar refractivity (Wildman–Crippen MR) is 82.6 cm³/mol. The Balaban J connectivity index is 1.94. The smallest absolute Gasteiger partial charge is 0.110 e. The van der Waals surface area contributed by atoms with Gasteiger partial charge < -0.3 is 5.11 Å². The van der Waals surface area contributed by atoms with Crippen LogP contribution in [-0.2, 0) is 25.0 Å². The molecule has 0 aliphatic heterocycles. The van der Waals surface area contributed by atoms with E-state index in [0.29, 0.717) is 6.42 Å². The lowest BCUT2D eigenvalue weighted by Crippen LogP contribution is -2.35. The summed E-state index contributed by atoms with van der Waals surface area (Å²) in [5, 5.41) is 15.4. The summed E-state index contributed by atoms with van der Waals surface area (Å²) >= 11 is 3.51. The maximum Gasteiger partial charge on any atom is 0.110 e. The fraction of sp³-hybridized carbons (Fsp3) is 0.438. The Kier molecular flexibility index (Phi) is 3.69. The van der Waals surface area contributed by atoms with Gasteiger partial charge in [0.05, 0.1) is 5.69 Å². The van der Waals surface area contributed by atoms with Crippen molar-refractivity contribution >= 4 is 15.9 Å². The molecule has 1 aliphatic rings. The van der Waals surface area contributed by atoms with E-state index in [1.165, 1.54) is 11.1 Å². The van der Waals surface area contributed by atoms with Crippen molar-refractivity contribution in [2.24, 2.45) is 0 Å². The van der Waals surface area contributed by atoms with Gasteiger partial charge in [0, 0.05) is 23.6 Å². The van der Waals surface area contributed by atoms with Crippen molar-refractivity contribution in [1.82, 2.24) is 9.78 Å². The van der Waals surface area contributed by atoms with Crippen LogP contribution in [0.25, 0.3) is 0 Å². The third kappa shape index (κ3) is 2.42. The van der Waals surface area contributed by atoms with Gasteiger partial charge in [-0.3, -0.25) is 4.68 Å². The SMILES string of the molecule is CCCn1nccc1C1(O)CCc2cc(Br)ccc2C1. The summed E-state index contributed by atoms with van der Waals surface area (Å²) in [7, 11) is 0. The van der Waals surface area contributed by atoms with E-state index in [0.717, 1.165) is 36.0 Å². The number of hydrogen-bond donors (Lipinski definition) is 1. The van der Waals surface area contributed by atoms with Crippen LogP contribution in [0.4, 0.5) is 0 Å². The number of hydrogen-bond acceptors (Lipinski definition) is 2. The summed E-state index contributed by atoms with van der Waals surface area (Å²) in [5.41, 5.74) is 2.75. The fourth-order valence-electron chi connectivity index (χ4n) is 3.08. The molecule has 0 bridgehead atoms. The van der Waals surface area contributed by atoms with Crippen molar-refractivity contribution in [3.63, 3.8) is 0 Å². The van der Waals surface area contributed by atoms with E-state index in [-0.39, 0.29) is 0 Å². The molecule has 0 saturated heterocycles. The van der Waals surface area contributed by atoms with Crippen LogP contribution in [0.2, 0.25) is 0 Å². The molecule has 0 spiro atoms. The van der Waals surface area contributed by atoms with Gasteiger partial charge in [-0.05, 0) is 48.6 Å². The molecular formula is C16H19BrN2O. The number of rotatable bonds is 3. The second-order valence-corrected chi connectivity index (χ2v) is 6.48. The van der Waals surface area contributed by atoms with Gasteiger partial charge in [-0.1, -0.05) is 28.9 Å². The largest absolute Gasteiger partial charge is 0.383 e. The third-order valence-electron chi connectivity index (χ3n) is 4.09. The number of fused-ring (bicyclic) bond motifs is 1. The number of benzene rings is 1. The summed E-state index contributed by atoms with van der Waals surface area (Å²) in [5.74, 6) is 0. The van der Waals surface area contributed by atoms with Gasteiger partial charge in [0.25, 0.3) is 0 Å². The number of aromatic nitrogens is 2. The van der Waals surface area contributed by atoms with Crippen LogP contribution < -0.4 is 0 Å². The third-order valence-corrected chi connectivity index (χ3v) is 4.58. The topological polar surface area (TPSA) is 38.0 Å². The van der Waals surface area contributed by atoms with E-state index in [9.17, 15) is 5.11 Å². The Bertz CT molecular complexity index is 623. The Labute approximate surface area is 127 Å². The molecule has 4 heteroatoms. The lowest BCUT2D eigenvalue weighted by atomic mass is 9.78. The minimum absolute atomic E-state index is 0.672. The molecule has 1 aromatic heterocycles. The summed E-state index contributed by atoms with van der Waals surface area (Å²) in [6.07, 6.45) is 5.15. The number of nitrogens with zero attached hydrogens (tertiary/aromatic N) is 2. The van der Waals surface area contributed by atoms with E-state index in [1.807, 2.05) is 16.8 Å². The first-order valence-corrected chi connectivity index (χ1v) is 7.93. The molecule has 1 aliphatic carbocycles. The Hall–Kier alpha value is -1.13. The Morgan fingerprint density at radius 2 is 2.20 bits per heavy atom. The van der Waals surface area contributed by atoms with E-state index >= 15 is 0 Å². The molecule has 1 N–H and O–H groups in total. The van der Waals surface area contributed by atoms with E-state index in [4.69, 9.17) is 0 Å². The van der Waals surface area contributed by atoms with Crippen molar-refractivity contribution in [2.75, 3.05) is 0 Å². The number of aryl methyl sites for hydroxylation is 2. The lowest BCUT2D eigenvalue weighted by Gasteiger charge is -2.34. The normalized spacial score (nSPS) is 21.8. The average molecular weight is 335 g/mol. The van der Waals surface area contributed by atoms with Gasteiger partial charge in [-0.25, -0.2) is 0 Å². The van der Waals surface area contributed by atoms with Crippen LogP contribution in [0.3, 0.4) is 0 Å². The van der Waals surface area contributed by atoms with Crippen LogP contribution >= 0.6 is 15.9 Å². The molecule has 0 saturated carbocycles. The second-order valence-electron chi connectivity index (χ2n) is 5.56. The van der Waals surface area contributed by atoms with Gasteiger partial charge in [0.1, 0.15) is 5.60 Å². The predicted octanol–water partition coefficient (Wildman–Crippen LogP) is 3.43. The molecule has 1 atom stereocenters. The number of halogens is 1. The van der Waals surface area contributed by atoms with Gasteiger partial charge in [-0.15, -0.1) is 0 Å². The second kappa shape index (κ2) is 5.34. The molecule has 1 aromatic carbocycles. The van der Waals surface area contributed by atoms with Gasteiger partial charge in [0.2, 0.25) is 0 Å². The highest BCUT2D eigenvalue weighted by Crippen LogP contribution is 2.37. The fourth-order valence-corrected chi connectivity index (χ4v) is 3.49. The number of aliphatic hydroxyl groups is 1. The van der Waals surface area contributed by atoms with E-state index < -0.39 is 5.60 Å². The van der Waals surface area contributed by atoms with Gasteiger partial charge >= 0.3 is 0 Å². The zero-order chi connectivity index (χ0) is 14.2. The van der Waals surface area contributed by atoms with Crippen molar-refractivity contribution in [3.05, 3.63) is 51.8 Å². The quantitative estimate of drug-likeness (QED) is 0.933.